The van der Waals surface area contributed by atoms with Crippen LogP contribution in [0, 0.1) is 5.92 Å². The summed E-state index contributed by atoms with van der Waals surface area (Å²) in [6, 6.07) is 3.47. The van der Waals surface area contributed by atoms with Crippen LogP contribution >= 0.6 is 11.3 Å². The molecule has 0 aliphatic carbocycles. The molecule has 1 aromatic rings. The quantitative estimate of drug-likeness (QED) is 0.669. The predicted octanol–water partition coefficient (Wildman–Crippen LogP) is -0.120. The number of imide groups is 1. The summed E-state index contributed by atoms with van der Waals surface area (Å²) >= 11 is 1.59. The maximum atomic E-state index is 11.7. The Morgan fingerprint density at radius 1 is 1.38 bits per heavy atom. The number of hydrogen-bond donors (Lipinski definition) is 2. The molecule has 2 aliphatic heterocycles. The second-order valence-corrected chi connectivity index (χ2v) is 5.04. The number of rotatable bonds is 1. The second kappa shape index (κ2) is 3.38. The summed E-state index contributed by atoms with van der Waals surface area (Å²) in [5.74, 6) is -0.689. The van der Waals surface area contributed by atoms with E-state index in [1.807, 2.05) is 17.5 Å². The molecule has 2 fully saturated rings. The third-order valence-corrected chi connectivity index (χ3v) is 4.08. The van der Waals surface area contributed by atoms with Crippen LogP contribution in [0.4, 0.5) is 0 Å². The van der Waals surface area contributed by atoms with Gasteiger partial charge in [0.15, 0.2) is 0 Å². The number of nitrogens with zero attached hydrogens (tertiary/aromatic N) is 1. The van der Waals surface area contributed by atoms with Gasteiger partial charge in [0.05, 0.1) is 12.0 Å². The van der Waals surface area contributed by atoms with Crippen molar-refractivity contribution >= 4 is 23.2 Å². The Kier molecular flexibility index (Phi) is 2.10. The van der Waals surface area contributed by atoms with Gasteiger partial charge < -0.3 is 0 Å². The maximum absolute atomic E-state index is 11.7. The summed E-state index contributed by atoms with van der Waals surface area (Å²) < 4.78 is 0. The number of hydrazine groups is 1. The highest BCUT2D eigenvalue weighted by Gasteiger charge is 2.53. The Bertz CT molecular complexity index is 445. The first kappa shape index (κ1) is 9.95. The topological polar surface area (TPSA) is 61.4 Å². The Morgan fingerprint density at radius 3 is 2.88 bits per heavy atom. The monoisotopic (exact) mass is 237 g/mol. The highest BCUT2D eigenvalue weighted by atomic mass is 32.1. The maximum Gasteiger partial charge on any atom is 0.246 e. The van der Waals surface area contributed by atoms with Crippen molar-refractivity contribution in [1.82, 2.24) is 15.8 Å². The van der Waals surface area contributed by atoms with Gasteiger partial charge in [-0.3, -0.25) is 14.9 Å². The van der Waals surface area contributed by atoms with Gasteiger partial charge in [0.1, 0.15) is 6.04 Å². The van der Waals surface area contributed by atoms with E-state index in [1.165, 1.54) is 0 Å². The van der Waals surface area contributed by atoms with E-state index in [0.717, 1.165) is 4.88 Å². The fourth-order valence-electron chi connectivity index (χ4n) is 2.42. The summed E-state index contributed by atoms with van der Waals surface area (Å²) in [6.07, 6.45) is 0. The molecule has 5 nitrogen and oxygen atoms in total. The molecule has 2 N–H and O–H groups in total. The van der Waals surface area contributed by atoms with Crippen molar-refractivity contribution in [3.8, 4) is 0 Å². The van der Waals surface area contributed by atoms with Gasteiger partial charge in [-0.25, -0.2) is 10.4 Å². The Hall–Kier alpha value is -1.24. The van der Waals surface area contributed by atoms with Crippen LogP contribution in [0.1, 0.15) is 10.9 Å². The number of likely N-dealkylation sites (N-methyl/N-ethyl adjacent to an activating group) is 1. The summed E-state index contributed by atoms with van der Waals surface area (Å²) in [4.78, 5) is 24.4. The first-order valence-corrected chi connectivity index (χ1v) is 5.93. The minimum atomic E-state index is -0.375. The third kappa shape index (κ3) is 1.24. The van der Waals surface area contributed by atoms with Crippen LogP contribution in [0.15, 0.2) is 17.5 Å². The predicted molar refractivity (Wildman–Crippen MR) is 58.4 cm³/mol. The van der Waals surface area contributed by atoms with E-state index < -0.39 is 0 Å². The first-order valence-electron chi connectivity index (χ1n) is 5.05. The van der Waals surface area contributed by atoms with Gasteiger partial charge in [-0.05, 0) is 11.4 Å². The van der Waals surface area contributed by atoms with E-state index in [1.54, 1.807) is 23.4 Å². The smallest absolute Gasteiger partial charge is 0.246 e. The van der Waals surface area contributed by atoms with E-state index in [4.69, 9.17) is 0 Å². The van der Waals surface area contributed by atoms with Gasteiger partial charge in [0, 0.05) is 11.9 Å². The zero-order valence-corrected chi connectivity index (χ0v) is 9.45. The van der Waals surface area contributed by atoms with Crippen LogP contribution in [0.5, 0.6) is 0 Å². The number of hydrogen-bond acceptors (Lipinski definition) is 5. The van der Waals surface area contributed by atoms with E-state index in [0.29, 0.717) is 0 Å². The molecule has 0 aromatic carbocycles. The standard InChI is InChI=1S/C10H11N3O2S/c1-13-8-6(9(14)11-10(8)15)7(12-13)5-3-2-4-16-5/h2-4,6-8,12H,1H3,(H,11,14,15)/t6-,7+,8-/m1/s1. The Balaban J connectivity index is 1.99. The summed E-state index contributed by atoms with van der Waals surface area (Å²) in [6.45, 7) is 0. The highest BCUT2D eigenvalue weighted by Crippen LogP contribution is 2.37. The molecule has 0 saturated carbocycles. The lowest BCUT2D eigenvalue weighted by molar-refractivity contribution is -0.127. The normalized spacial score (nSPS) is 34.2. The van der Waals surface area contributed by atoms with Crippen LogP contribution in [0.25, 0.3) is 0 Å². The van der Waals surface area contributed by atoms with Crippen molar-refractivity contribution < 1.29 is 9.59 Å². The minimum absolute atomic E-state index is 0.0820. The lowest BCUT2D eigenvalue weighted by atomic mass is 9.95. The van der Waals surface area contributed by atoms with Gasteiger partial charge in [0.25, 0.3) is 0 Å². The molecular formula is C10H11N3O2S. The molecule has 3 rings (SSSR count). The molecule has 6 heteroatoms. The minimum Gasteiger partial charge on any atom is -0.295 e. The SMILES string of the molecule is CN1N[C@@H](c2cccs2)[C@H]2C(=O)NC(=O)[C@@H]21. The second-order valence-electron chi connectivity index (χ2n) is 4.06. The molecule has 84 valence electrons. The summed E-state index contributed by atoms with van der Waals surface area (Å²) in [7, 11) is 1.80. The van der Waals surface area contributed by atoms with Gasteiger partial charge in [-0.1, -0.05) is 6.07 Å². The third-order valence-electron chi connectivity index (χ3n) is 3.13. The molecular weight excluding hydrogens is 226 g/mol. The van der Waals surface area contributed by atoms with Crippen LogP contribution < -0.4 is 10.7 Å². The molecule has 0 spiro atoms. The molecule has 1 aromatic heterocycles. The summed E-state index contributed by atoms with van der Waals surface area (Å²) in [5.41, 5.74) is 3.18. The number of fused-ring (bicyclic) bond motifs is 1. The van der Waals surface area contributed by atoms with Gasteiger partial charge in [-0.15, -0.1) is 11.3 Å². The average Bonchev–Trinajstić information content (AvgIpc) is 2.87. The van der Waals surface area contributed by atoms with Crippen LogP contribution in [-0.4, -0.2) is 29.9 Å². The van der Waals surface area contributed by atoms with Crippen molar-refractivity contribution in [2.24, 2.45) is 5.92 Å². The molecule has 16 heavy (non-hydrogen) atoms. The fraction of sp³-hybridized carbons (Fsp3) is 0.400. The highest BCUT2D eigenvalue weighted by molar-refractivity contribution is 7.10. The Morgan fingerprint density at radius 2 is 2.19 bits per heavy atom. The number of carbonyl (C=O) groups is 2. The van der Waals surface area contributed by atoms with Gasteiger partial charge in [0.2, 0.25) is 11.8 Å². The van der Waals surface area contributed by atoms with Crippen molar-refractivity contribution in [1.29, 1.82) is 0 Å². The first-order chi connectivity index (χ1) is 7.68. The largest absolute Gasteiger partial charge is 0.295 e. The molecule has 0 bridgehead atoms. The zero-order valence-electron chi connectivity index (χ0n) is 8.64. The summed E-state index contributed by atoms with van der Waals surface area (Å²) in [5, 5.41) is 6.09. The van der Waals surface area contributed by atoms with Gasteiger partial charge >= 0.3 is 0 Å². The van der Waals surface area contributed by atoms with Gasteiger partial charge in [-0.2, -0.15) is 0 Å². The van der Waals surface area contributed by atoms with E-state index in [2.05, 4.69) is 10.7 Å². The van der Waals surface area contributed by atoms with Crippen molar-refractivity contribution in [2.75, 3.05) is 7.05 Å². The van der Waals surface area contributed by atoms with Crippen molar-refractivity contribution in [3.05, 3.63) is 22.4 Å². The van der Waals surface area contributed by atoms with E-state index in [-0.39, 0.29) is 29.8 Å². The van der Waals surface area contributed by atoms with E-state index >= 15 is 0 Å². The molecule has 0 unspecified atom stereocenters. The molecule has 3 heterocycles. The van der Waals surface area contributed by atoms with Crippen LogP contribution in [0.2, 0.25) is 0 Å². The lowest BCUT2D eigenvalue weighted by Crippen LogP contribution is -2.41. The number of nitrogens with one attached hydrogen (secondary N) is 2. The van der Waals surface area contributed by atoms with E-state index in [9.17, 15) is 9.59 Å². The number of amides is 2. The van der Waals surface area contributed by atoms with Crippen LogP contribution in [-0.2, 0) is 9.59 Å². The van der Waals surface area contributed by atoms with Crippen molar-refractivity contribution in [3.63, 3.8) is 0 Å². The molecule has 2 saturated heterocycles. The van der Waals surface area contributed by atoms with Crippen molar-refractivity contribution in [2.45, 2.75) is 12.1 Å². The number of carbonyl (C=O) groups excluding carboxylic acids is 2. The Labute approximate surface area is 96.4 Å². The molecule has 3 atom stereocenters. The molecule has 2 aliphatic rings. The molecule has 2 amide bonds. The number of thiophene rings is 1. The fourth-order valence-corrected chi connectivity index (χ4v) is 3.24. The van der Waals surface area contributed by atoms with Crippen LogP contribution in [0.3, 0.4) is 0 Å². The lowest BCUT2D eigenvalue weighted by Gasteiger charge is -2.15. The zero-order chi connectivity index (χ0) is 11.3. The molecule has 0 radical (unpaired) electrons. The average molecular weight is 237 g/mol.